The third kappa shape index (κ3) is 4.22. The second-order valence-corrected chi connectivity index (χ2v) is 8.51. The van der Waals surface area contributed by atoms with Crippen molar-refractivity contribution in [2.75, 3.05) is 25.1 Å². The van der Waals surface area contributed by atoms with Crippen LogP contribution >= 0.6 is 0 Å². The number of piperidine rings is 2. The molecule has 4 rings (SSSR count). The number of carbonyl (C=O) groups is 2. The fourth-order valence-electron chi connectivity index (χ4n) is 4.71. The highest BCUT2D eigenvalue weighted by atomic mass is 16.5. The summed E-state index contributed by atoms with van der Waals surface area (Å²) in [6, 6.07) is 15.3. The molecule has 2 aromatic rings. The van der Waals surface area contributed by atoms with Crippen LogP contribution < -0.4 is 9.64 Å². The lowest BCUT2D eigenvalue weighted by molar-refractivity contribution is -0.138. The van der Waals surface area contributed by atoms with Gasteiger partial charge >= 0.3 is 0 Å². The molecule has 2 fully saturated rings. The number of methoxy groups -OCH3 is 1. The fourth-order valence-corrected chi connectivity index (χ4v) is 4.71. The number of benzene rings is 2. The van der Waals surface area contributed by atoms with Crippen LogP contribution in [-0.2, 0) is 9.59 Å². The molecule has 5 nitrogen and oxygen atoms in total. The summed E-state index contributed by atoms with van der Waals surface area (Å²) in [5, 5.41) is 0. The number of nitrogens with zero attached hydrogens (tertiary/aromatic N) is 2. The molecule has 0 saturated carbocycles. The number of carbonyl (C=O) groups excluding carboxylic acids is 2. The summed E-state index contributed by atoms with van der Waals surface area (Å²) in [5.41, 5.74) is 4.02. The molecule has 0 N–H and O–H groups in total. The Morgan fingerprint density at radius 3 is 2.39 bits per heavy atom. The van der Waals surface area contributed by atoms with Crippen LogP contribution in [0.5, 0.6) is 5.75 Å². The molecule has 0 aromatic heterocycles. The SMILES string of the molecule is C=C1CCN(C(=O)C2CCC(=O)N(c3ccc(C)cc3)C2c2ccccc2OC)CC1. The van der Waals surface area contributed by atoms with Gasteiger partial charge in [0, 0.05) is 30.8 Å². The molecule has 0 aliphatic carbocycles. The molecule has 2 saturated heterocycles. The van der Waals surface area contributed by atoms with Crippen LogP contribution in [0, 0.1) is 12.8 Å². The second-order valence-electron chi connectivity index (χ2n) is 8.51. The van der Waals surface area contributed by atoms with Gasteiger partial charge in [-0.25, -0.2) is 0 Å². The van der Waals surface area contributed by atoms with Crippen molar-refractivity contribution in [2.24, 2.45) is 5.92 Å². The number of aryl methyl sites for hydroxylation is 1. The maximum atomic E-state index is 13.7. The molecule has 2 amide bonds. The predicted octanol–water partition coefficient (Wildman–Crippen LogP) is 4.67. The van der Waals surface area contributed by atoms with E-state index in [1.165, 1.54) is 5.57 Å². The Kier molecular flexibility index (Phi) is 6.12. The number of rotatable bonds is 4. The van der Waals surface area contributed by atoms with Gasteiger partial charge in [-0.1, -0.05) is 48.0 Å². The van der Waals surface area contributed by atoms with Crippen LogP contribution in [-0.4, -0.2) is 36.9 Å². The van der Waals surface area contributed by atoms with Crippen LogP contribution in [0.2, 0.25) is 0 Å². The normalized spacial score (nSPS) is 21.9. The number of likely N-dealkylation sites (tertiary alicyclic amines) is 1. The summed E-state index contributed by atoms with van der Waals surface area (Å²) >= 11 is 0. The van der Waals surface area contributed by atoms with Crippen LogP contribution in [0.4, 0.5) is 5.69 Å². The lowest BCUT2D eigenvalue weighted by Gasteiger charge is -2.43. The quantitative estimate of drug-likeness (QED) is 0.678. The molecule has 2 aromatic carbocycles. The molecular weight excluding hydrogens is 388 g/mol. The summed E-state index contributed by atoms with van der Waals surface area (Å²) in [6.45, 7) is 7.49. The number of para-hydroxylation sites is 1. The Balaban J connectivity index is 1.77. The van der Waals surface area contributed by atoms with Crippen molar-refractivity contribution in [3.63, 3.8) is 0 Å². The third-order valence-corrected chi connectivity index (χ3v) is 6.47. The number of anilines is 1. The van der Waals surface area contributed by atoms with Crippen molar-refractivity contribution in [1.29, 1.82) is 0 Å². The maximum Gasteiger partial charge on any atom is 0.228 e. The van der Waals surface area contributed by atoms with Crippen molar-refractivity contribution in [1.82, 2.24) is 4.90 Å². The zero-order valence-electron chi connectivity index (χ0n) is 18.3. The monoisotopic (exact) mass is 418 g/mol. The molecule has 2 atom stereocenters. The molecule has 0 radical (unpaired) electrons. The van der Waals surface area contributed by atoms with E-state index in [0.717, 1.165) is 29.7 Å². The van der Waals surface area contributed by atoms with E-state index < -0.39 is 6.04 Å². The van der Waals surface area contributed by atoms with Gasteiger partial charge in [-0.2, -0.15) is 0 Å². The molecule has 2 aliphatic rings. The second kappa shape index (κ2) is 8.96. The summed E-state index contributed by atoms with van der Waals surface area (Å²) < 4.78 is 5.65. The Hall–Kier alpha value is -3.08. The summed E-state index contributed by atoms with van der Waals surface area (Å²) in [7, 11) is 1.63. The van der Waals surface area contributed by atoms with Gasteiger partial charge in [-0.3, -0.25) is 9.59 Å². The molecule has 2 unspecified atom stereocenters. The van der Waals surface area contributed by atoms with Crippen molar-refractivity contribution < 1.29 is 14.3 Å². The molecule has 0 bridgehead atoms. The Bertz CT molecular complexity index is 972. The predicted molar refractivity (Wildman–Crippen MR) is 122 cm³/mol. The van der Waals surface area contributed by atoms with Gasteiger partial charge in [-0.05, 0) is 44.4 Å². The van der Waals surface area contributed by atoms with Crippen molar-refractivity contribution >= 4 is 17.5 Å². The topological polar surface area (TPSA) is 49.9 Å². The highest BCUT2D eigenvalue weighted by molar-refractivity contribution is 5.97. The first kappa shape index (κ1) is 21.2. The number of hydrogen-bond donors (Lipinski definition) is 0. The van der Waals surface area contributed by atoms with Gasteiger partial charge in [0.25, 0.3) is 0 Å². The van der Waals surface area contributed by atoms with Crippen LogP contribution in [0.3, 0.4) is 0 Å². The van der Waals surface area contributed by atoms with E-state index in [1.807, 2.05) is 65.3 Å². The Morgan fingerprint density at radius 2 is 1.71 bits per heavy atom. The molecule has 31 heavy (non-hydrogen) atoms. The number of ether oxygens (including phenoxy) is 1. The smallest absolute Gasteiger partial charge is 0.228 e. The highest BCUT2D eigenvalue weighted by Crippen LogP contribution is 2.44. The van der Waals surface area contributed by atoms with Crippen LogP contribution in [0.15, 0.2) is 60.7 Å². The average molecular weight is 419 g/mol. The average Bonchev–Trinajstić information content (AvgIpc) is 2.79. The van der Waals surface area contributed by atoms with E-state index in [4.69, 9.17) is 4.74 Å². The van der Waals surface area contributed by atoms with Gasteiger partial charge in [0.1, 0.15) is 5.75 Å². The number of hydrogen-bond acceptors (Lipinski definition) is 3. The van der Waals surface area contributed by atoms with Gasteiger partial charge in [0.2, 0.25) is 11.8 Å². The summed E-state index contributed by atoms with van der Waals surface area (Å²) in [5.74, 6) is 0.537. The standard InChI is InChI=1S/C26H30N2O3/c1-18-8-10-20(11-9-18)28-24(29)13-12-22(26(30)27-16-14-19(2)15-17-27)25(28)21-6-4-5-7-23(21)31-3/h4-11,22,25H,2,12-17H2,1,3H3. The van der Waals surface area contributed by atoms with E-state index >= 15 is 0 Å². The zero-order valence-corrected chi connectivity index (χ0v) is 18.3. The molecule has 162 valence electrons. The van der Waals surface area contributed by atoms with Crippen molar-refractivity contribution in [3.05, 3.63) is 71.8 Å². The van der Waals surface area contributed by atoms with Gasteiger partial charge in [0.05, 0.1) is 19.1 Å². The minimum Gasteiger partial charge on any atom is -0.496 e. The van der Waals surface area contributed by atoms with E-state index in [2.05, 4.69) is 6.58 Å². The minimum absolute atomic E-state index is 0.0378. The van der Waals surface area contributed by atoms with Crippen LogP contribution in [0.25, 0.3) is 0 Å². The van der Waals surface area contributed by atoms with Crippen molar-refractivity contribution in [2.45, 2.75) is 38.6 Å². The Labute approximate surface area is 184 Å². The summed E-state index contributed by atoms with van der Waals surface area (Å²) in [4.78, 5) is 30.7. The van der Waals surface area contributed by atoms with Gasteiger partial charge in [0.15, 0.2) is 0 Å². The van der Waals surface area contributed by atoms with Crippen LogP contribution in [0.1, 0.15) is 42.9 Å². The molecule has 5 heteroatoms. The van der Waals surface area contributed by atoms with E-state index in [1.54, 1.807) is 7.11 Å². The van der Waals surface area contributed by atoms with Crippen molar-refractivity contribution in [3.8, 4) is 5.75 Å². The van der Waals surface area contributed by atoms with Gasteiger partial charge in [-0.15, -0.1) is 0 Å². The first-order valence-electron chi connectivity index (χ1n) is 11.0. The summed E-state index contributed by atoms with van der Waals surface area (Å²) in [6.07, 6.45) is 2.59. The highest BCUT2D eigenvalue weighted by Gasteiger charge is 2.44. The first-order chi connectivity index (χ1) is 15.0. The molecule has 0 spiro atoms. The molecule has 2 heterocycles. The third-order valence-electron chi connectivity index (χ3n) is 6.47. The van der Waals surface area contributed by atoms with E-state index in [9.17, 15) is 9.59 Å². The number of amides is 2. The lowest BCUT2D eigenvalue weighted by Crippen LogP contribution is -2.50. The maximum absolute atomic E-state index is 13.7. The molecular formula is C26H30N2O3. The zero-order chi connectivity index (χ0) is 22.0. The van der Waals surface area contributed by atoms with E-state index in [-0.39, 0.29) is 17.7 Å². The largest absolute Gasteiger partial charge is 0.496 e. The Morgan fingerprint density at radius 1 is 1.03 bits per heavy atom. The lowest BCUT2D eigenvalue weighted by atomic mass is 9.82. The van der Waals surface area contributed by atoms with Gasteiger partial charge < -0.3 is 14.5 Å². The fraction of sp³-hybridized carbons (Fsp3) is 0.385. The molecule has 2 aliphatic heterocycles. The minimum atomic E-state index is -0.405. The first-order valence-corrected chi connectivity index (χ1v) is 11.0. The van der Waals surface area contributed by atoms with E-state index in [0.29, 0.717) is 31.7 Å².